The van der Waals surface area contributed by atoms with E-state index in [9.17, 15) is 18.0 Å². The van der Waals surface area contributed by atoms with Gasteiger partial charge in [0.25, 0.3) is 0 Å². The summed E-state index contributed by atoms with van der Waals surface area (Å²) >= 11 is 1.24. The highest BCUT2D eigenvalue weighted by atomic mass is 32.2. The van der Waals surface area contributed by atoms with Crippen LogP contribution in [-0.2, 0) is 23.2 Å². The smallest absolute Gasteiger partial charge is 0.204 e. The Morgan fingerprint density at radius 3 is 2.85 bits per heavy atom. The van der Waals surface area contributed by atoms with Gasteiger partial charge in [-0.15, -0.1) is 11.8 Å². The van der Waals surface area contributed by atoms with E-state index in [0.29, 0.717) is 55.0 Å². The van der Waals surface area contributed by atoms with E-state index in [1.54, 1.807) is 6.26 Å². The van der Waals surface area contributed by atoms with Crippen LogP contribution in [0.5, 0.6) is 17.2 Å². The molecule has 11 heteroatoms. The standard InChI is InChI=1S/C30H29F3N4O3S/c1-30(11-14-39-26-17(6-4-13-38)5-3-7-21(26)30)37-16-36-29(34)20-15-18(8-9-22(20)31)40-27-24(33)23(32)25-19(10-12-35-25)28(27)41-2/h3,5,7-9,13,15-16,35H,4,6,10-12,14H2,1-2H3,(H2,34,36,37). The minimum Gasteiger partial charge on any atom is -0.493 e. The number of thioether (sulfide) groups is 1. The molecule has 2 aliphatic rings. The van der Waals surface area contributed by atoms with Crippen LogP contribution in [0.4, 0.5) is 18.9 Å². The summed E-state index contributed by atoms with van der Waals surface area (Å²) in [6, 6.07) is 9.48. The SMILES string of the molecule is CSc1c2c(c(F)c(F)c1Oc1ccc(F)c(C(N)=NC=NC3(C)CCOc4c(CCC=O)cccc43)c1)NCC2. The van der Waals surface area contributed by atoms with Crippen LogP contribution in [0.25, 0.3) is 0 Å². The second-order valence-corrected chi connectivity index (χ2v) is 10.7. The van der Waals surface area contributed by atoms with Crippen molar-refractivity contribution in [3.05, 3.63) is 76.1 Å². The van der Waals surface area contributed by atoms with Crippen LogP contribution >= 0.6 is 11.8 Å². The molecule has 0 spiro atoms. The molecule has 2 aliphatic heterocycles. The van der Waals surface area contributed by atoms with Crippen molar-refractivity contribution in [3.8, 4) is 17.2 Å². The first-order valence-electron chi connectivity index (χ1n) is 13.1. The number of nitrogens with zero attached hydrogens (tertiary/aromatic N) is 2. The van der Waals surface area contributed by atoms with Crippen molar-refractivity contribution in [2.24, 2.45) is 15.7 Å². The van der Waals surface area contributed by atoms with Gasteiger partial charge in [-0.05, 0) is 55.3 Å². The van der Waals surface area contributed by atoms with Gasteiger partial charge in [0.05, 0.1) is 28.3 Å². The molecule has 0 saturated carbocycles. The van der Waals surface area contributed by atoms with E-state index in [-0.39, 0.29) is 28.6 Å². The lowest BCUT2D eigenvalue weighted by Crippen LogP contribution is -2.29. The first-order valence-corrected chi connectivity index (χ1v) is 14.3. The number of carbonyl (C=O) groups is 1. The summed E-state index contributed by atoms with van der Waals surface area (Å²) < 4.78 is 56.1. The van der Waals surface area contributed by atoms with Crippen LogP contribution in [-0.4, -0.2) is 37.9 Å². The Labute approximate surface area is 240 Å². The van der Waals surface area contributed by atoms with Gasteiger partial charge in [-0.1, -0.05) is 18.2 Å². The fraction of sp³-hybridized carbons (Fsp3) is 0.300. The number of nitrogens with two attached hydrogens (primary N) is 1. The Bertz CT molecular complexity index is 1560. The normalized spacial score (nSPS) is 18.0. The molecule has 2 heterocycles. The highest BCUT2D eigenvalue weighted by Crippen LogP contribution is 2.45. The number of hydrogen-bond donors (Lipinski definition) is 2. The third kappa shape index (κ3) is 5.50. The first kappa shape index (κ1) is 28.5. The molecule has 1 unspecified atom stereocenters. The highest BCUT2D eigenvalue weighted by Gasteiger charge is 2.34. The molecule has 214 valence electrons. The van der Waals surface area contributed by atoms with Crippen molar-refractivity contribution >= 4 is 35.9 Å². The summed E-state index contributed by atoms with van der Waals surface area (Å²) in [5.74, 6) is -2.43. The van der Waals surface area contributed by atoms with Crippen molar-refractivity contribution in [3.63, 3.8) is 0 Å². The summed E-state index contributed by atoms with van der Waals surface area (Å²) in [5.41, 5.74) is 7.97. The van der Waals surface area contributed by atoms with Crippen LogP contribution in [0.2, 0.25) is 0 Å². The second-order valence-electron chi connectivity index (χ2n) is 9.89. The van der Waals surface area contributed by atoms with E-state index in [2.05, 4.69) is 15.3 Å². The number of aliphatic imine (C=N–C) groups is 2. The molecule has 1 atom stereocenters. The number of anilines is 1. The first-order chi connectivity index (χ1) is 19.8. The molecule has 0 aliphatic carbocycles. The van der Waals surface area contributed by atoms with Crippen molar-refractivity contribution in [2.75, 3.05) is 24.7 Å². The maximum atomic E-state index is 15.0. The van der Waals surface area contributed by atoms with E-state index >= 15 is 0 Å². The molecule has 3 aromatic rings. The fourth-order valence-corrected chi connectivity index (χ4v) is 5.88. The molecule has 0 radical (unpaired) electrons. The molecule has 0 fully saturated rings. The zero-order chi connectivity index (χ0) is 29.1. The van der Waals surface area contributed by atoms with Gasteiger partial charge < -0.3 is 25.3 Å². The second kappa shape index (κ2) is 11.9. The number of fused-ring (bicyclic) bond motifs is 2. The number of aldehydes is 1. The molecule has 3 aromatic carbocycles. The molecule has 0 aromatic heterocycles. The van der Waals surface area contributed by atoms with E-state index in [1.807, 2.05) is 25.1 Å². The zero-order valence-corrected chi connectivity index (χ0v) is 23.4. The number of ether oxygens (including phenoxy) is 2. The molecule has 0 saturated heterocycles. The summed E-state index contributed by atoms with van der Waals surface area (Å²) in [7, 11) is 0. The third-order valence-corrected chi connectivity index (χ3v) is 8.13. The molecule has 0 amide bonds. The van der Waals surface area contributed by atoms with Crippen molar-refractivity contribution in [2.45, 2.75) is 43.0 Å². The summed E-state index contributed by atoms with van der Waals surface area (Å²) in [6.45, 7) is 2.87. The van der Waals surface area contributed by atoms with Crippen molar-refractivity contribution in [1.82, 2.24) is 0 Å². The van der Waals surface area contributed by atoms with Gasteiger partial charge in [-0.25, -0.2) is 13.8 Å². The molecule has 41 heavy (non-hydrogen) atoms. The number of carbonyl (C=O) groups excluding carboxylic acids is 1. The van der Waals surface area contributed by atoms with Crippen LogP contribution in [0, 0.1) is 17.5 Å². The number of aryl methyl sites for hydroxylation is 1. The van der Waals surface area contributed by atoms with Gasteiger partial charge >= 0.3 is 0 Å². The number of hydrogen-bond acceptors (Lipinski definition) is 6. The average molecular weight is 583 g/mol. The van der Waals surface area contributed by atoms with E-state index < -0.39 is 23.0 Å². The molecular formula is C30H29F3N4O3S. The van der Waals surface area contributed by atoms with Gasteiger partial charge in [0.15, 0.2) is 11.6 Å². The van der Waals surface area contributed by atoms with Gasteiger partial charge in [0, 0.05) is 24.9 Å². The number of halogens is 3. The van der Waals surface area contributed by atoms with Gasteiger partial charge in [-0.2, -0.15) is 4.39 Å². The summed E-state index contributed by atoms with van der Waals surface area (Å²) in [5, 5.41) is 2.87. The van der Waals surface area contributed by atoms with Crippen molar-refractivity contribution in [1.29, 1.82) is 0 Å². The van der Waals surface area contributed by atoms with Crippen LogP contribution in [0.3, 0.4) is 0 Å². The van der Waals surface area contributed by atoms with Gasteiger partial charge in [-0.3, -0.25) is 4.99 Å². The molecule has 3 N–H and O–H groups in total. The quantitative estimate of drug-likeness (QED) is 0.136. The Hall–Kier alpha value is -3.99. The summed E-state index contributed by atoms with van der Waals surface area (Å²) in [4.78, 5) is 20.2. The number of rotatable bonds is 9. The lowest BCUT2D eigenvalue weighted by atomic mass is 9.85. The zero-order valence-electron chi connectivity index (χ0n) is 22.6. The number of nitrogens with one attached hydrogen (secondary N) is 1. The molecule has 5 rings (SSSR count). The maximum absolute atomic E-state index is 15.0. The Balaban J connectivity index is 1.41. The van der Waals surface area contributed by atoms with Crippen LogP contribution in [0.15, 0.2) is 51.3 Å². The Kier molecular flexibility index (Phi) is 8.25. The molecule has 7 nitrogen and oxygen atoms in total. The predicted molar refractivity (Wildman–Crippen MR) is 154 cm³/mol. The minimum absolute atomic E-state index is 0.0722. The van der Waals surface area contributed by atoms with E-state index in [4.69, 9.17) is 15.2 Å². The minimum atomic E-state index is -1.12. The Morgan fingerprint density at radius 2 is 2.07 bits per heavy atom. The maximum Gasteiger partial charge on any atom is 0.204 e. The average Bonchev–Trinajstić information content (AvgIpc) is 3.46. The number of amidine groups is 1. The van der Waals surface area contributed by atoms with Gasteiger partial charge in [0.1, 0.15) is 35.8 Å². The summed E-state index contributed by atoms with van der Waals surface area (Å²) in [6.07, 6.45) is 5.96. The topological polar surface area (TPSA) is 98.3 Å². The van der Waals surface area contributed by atoms with E-state index in [1.165, 1.54) is 30.2 Å². The largest absolute Gasteiger partial charge is 0.493 e. The monoisotopic (exact) mass is 582 g/mol. The predicted octanol–water partition coefficient (Wildman–Crippen LogP) is 6.15. The lowest BCUT2D eigenvalue weighted by Gasteiger charge is -2.33. The Morgan fingerprint density at radius 1 is 1.24 bits per heavy atom. The molecule has 0 bridgehead atoms. The van der Waals surface area contributed by atoms with Crippen molar-refractivity contribution < 1.29 is 27.4 Å². The lowest BCUT2D eigenvalue weighted by molar-refractivity contribution is -0.107. The third-order valence-electron chi connectivity index (χ3n) is 7.29. The van der Waals surface area contributed by atoms with Crippen LogP contribution in [0.1, 0.15) is 42.0 Å². The van der Waals surface area contributed by atoms with Gasteiger partial charge in [0.2, 0.25) is 5.82 Å². The van der Waals surface area contributed by atoms with Crippen LogP contribution < -0.4 is 20.5 Å². The molecular weight excluding hydrogens is 553 g/mol. The fourth-order valence-electron chi connectivity index (χ4n) is 5.12. The number of para-hydroxylation sites is 1. The highest BCUT2D eigenvalue weighted by molar-refractivity contribution is 7.98. The number of benzene rings is 3. The van der Waals surface area contributed by atoms with E-state index in [0.717, 1.165) is 23.5 Å².